The summed E-state index contributed by atoms with van der Waals surface area (Å²) in [5.74, 6) is 0. The Balaban J connectivity index is 2.56. The Morgan fingerprint density at radius 3 is 2.76 bits per heavy atom. The zero-order chi connectivity index (χ0) is 12.7. The van der Waals surface area contributed by atoms with Crippen LogP contribution in [0.5, 0.6) is 0 Å². The highest BCUT2D eigenvalue weighted by atomic mass is 16.2. The van der Waals surface area contributed by atoms with Gasteiger partial charge in [-0.2, -0.15) is 15.0 Å². The van der Waals surface area contributed by atoms with Crippen LogP contribution in [0, 0.1) is 22.7 Å². The molecule has 0 bridgehead atoms. The summed E-state index contributed by atoms with van der Waals surface area (Å²) in [4.78, 5) is 13.3. The van der Waals surface area contributed by atoms with Crippen molar-refractivity contribution in [2.75, 3.05) is 19.8 Å². The number of carbonyl (C=O) groups is 1. The summed E-state index contributed by atoms with van der Waals surface area (Å²) in [7, 11) is 0. The van der Waals surface area contributed by atoms with Gasteiger partial charge in [0.1, 0.15) is 12.7 Å². The van der Waals surface area contributed by atoms with Gasteiger partial charge in [0.15, 0.2) is 6.67 Å². The van der Waals surface area contributed by atoms with E-state index in [0.717, 1.165) is 12.8 Å². The Kier molecular flexibility index (Phi) is 4.50. The molecule has 0 saturated carbocycles. The van der Waals surface area contributed by atoms with Crippen LogP contribution in [0.3, 0.4) is 0 Å². The number of carbonyl (C=O) groups excluding carboxylic acids is 1. The standard InChI is InChI=1S/C11H15N5O/c12-4-2-1-3-8-16(11(14)17)9-7-15(10-16)6-5-13/h7,9H,1-3,6,8,10H2,(H-,14,17)/p+1. The van der Waals surface area contributed by atoms with Gasteiger partial charge in [-0.05, 0) is 12.8 Å². The van der Waals surface area contributed by atoms with E-state index >= 15 is 0 Å². The van der Waals surface area contributed by atoms with E-state index in [2.05, 4.69) is 6.07 Å². The number of urea groups is 1. The van der Waals surface area contributed by atoms with Gasteiger partial charge in [-0.3, -0.25) is 0 Å². The molecule has 6 heteroatoms. The van der Waals surface area contributed by atoms with Crippen LogP contribution in [0.15, 0.2) is 12.4 Å². The van der Waals surface area contributed by atoms with Crippen LogP contribution in [-0.2, 0) is 0 Å². The van der Waals surface area contributed by atoms with Crippen LogP contribution < -0.4 is 5.73 Å². The second-order valence-electron chi connectivity index (χ2n) is 4.06. The first-order valence-corrected chi connectivity index (χ1v) is 5.49. The first kappa shape index (κ1) is 13.0. The smallest absolute Gasteiger partial charge is 0.319 e. The Labute approximate surface area is 101 Å². The lowest BCUT2D eigenvalue weighted by molar-refractivity contribution is -0.799. The lowest BCUT2D eigenvalue weighted by Gasteiger charge is -2.27. The molecular formula is C11H16N5O+. The van der Waals surface area contributed by atoms with Gasteiger partial charge < -0.3 is 10.6 Å². The maximum absolute atomic E-state index is 11.5. The van der Waals surface area contributed by atoms with E-state index in [4.69, 9.17) is 16.3 Å². The number of nitriles is 2. The Morgan fingerprint density at radius 2 is 2.18 bits per heavy atom. The molecule has 1 aliphatic rings. The zero-order valence-electron chi connectivity index (χ0n) is 9.67. The summed E-state index contributed by atoms with van der Waals surface area (Å²) in [5.41, 5.74) is 5.41. The topological polar surface area (TPSA) is 93.9 Å². The number of rotatable bonds is 5. The monoisotopic (exact) mass is 234 g/mol. The van der Waals surface area contributed by atoms with Gasteiger partial charge in [0, 0.05) is 6.42 Å². The molecule has 1 atom stereocenters. The predicted octanol–water partition coefficient (Wildman–Crippen LogP) is 0.844. The molecule has 2 N–H and O–H groups in total. The maximum Gasteiger partial charge on any atom is 0.420 e. The molecule has 1 rings (SSSR count). The third kappa shape index (κ3) is 3.20. The number of unbranched alkanes of at least 4 members (excludes halogenated alkanes) is 2. The fraction of sp³-hybridized carbons (Fsp3) is 0.545. The van der Waals surface area contributed by atoms with Gasteiger partial charge in [0.05, 0.1) is 24.9 Å². The van der Waals surface area contributed by atoms with E-state index in [9.17, 15) is 4.79 Å². The normalized spacial score (nSPS) is 22.1. The van der Waals surface area contributed by atoms with Gasteiger partial charge in [-0.15, -0.1) is 0 Å². The van der Waals surface area contributed by atoms with Crippen LogP contribution in [0.1, 0.15) is 19.3 Å². The van der Waals surface area contributed by atoms with Crippen molar-refractivity contribution in [2.24, 2.45) is 5.73 Å². The number of primary amides is 1. The summed E-state index contributed by atoms with van der Waals surface area (Å²) in [6.07, 6.45) is 5.48. The van der Waals surface area contributed by atoms with Gasteiger partial charge in [0.25, 0.3) is 0 Å². The van der Waals surface area contributed by atoms with Crippen molar-refractivity contribution in [3.05, 3.63) is 12.4 Å². The lowest BCUT2D eigenvalue weighted by Crippen LogP contribution is -2.53. The van der Waals surface area contributed by atoms with Gasteiger partial charge >= 0.3 is 6.03 Å². The third-order valence-corrected chi connectivity index (χ3v) is 2.81. The zero-order valence-corrected chi connectivity index (χ0v) is 9.67. The van der Waals surface area contributed by atoms with Crippen LogP contribution in [-0.4, -0.2) is 35.2 Å². The van der Waals surface area contributed by atoms with E-state index in [1.165, 1.54) is 0 Å². The molecule has 2 amide bonds. The largest absolute Gasteiger partial charge is 0.420 e. The van der Waals surface area contributed by atoms with E-state index in [1.807, 2.05) is 6.07 Å². The summed E-state index contributed by atoms with van der Waals surface area (Å²) in [5, 5.41) is 17.0. The van der Waals surface area contributed by atoms with Crippen LogP contribution in [0.2, 0.25) is 0 Å². The van der Waals surface area contributed by atoms with Crippen molar-refractivity contribution in [3.8, 4) is 12.1 Å². The maximum atomic E-state index is 11.5. The van der Waals surface area contributed by atoms with Crippen molar-refractivity contribution in [1.29, 1.82) is 10.5 Å². The number of nitrogens with zero attached hydrogens (tertiary/aromatic N) is 4. The number of nitrogens with two attached hydrogens (primary N) is 1. The summed E-state index contributed by atoms with van der Waals surface area (Å²) in [6, 6.07) is 3.68. The number of quaternary nitrogens is 1. The molecule has 0 radical (unpaired) electrons. The third-order valence-electron chi connectivity index (χ3n) is 2.81. The average Bonchev–Trinajstić information content (AvgIpc) is 2.70. The minimum Gasteiger partial charge on any atom is -0.319 e. The van der Waals surface area contributed by atoms with Crippen molar-refractivity contribution in [1.82, 2.24) is 4.90 Å². The fourth-order valence-corrected chi connectivity index (χ4v) is 1.83. The highest BCUT2D eigenvalue weighted by Crippen LogP contribution is 2.19. The molecule has 1 heterocycles. The van der Waals surface area contributed by atoms with Gasteiger partial charge in [-0.25, -0.2) is 4.79 Å². The lowest BCUT2D eigenvalue weighted by atomic mass is 10.2. The Morgan fingerprint density at radius 1 is 1.41 bits per heavy atom. The molecule has 0 aromatic rings. The summed E-state index contributed by atoms with van der Waals surface area (Å²) in [6.45, 7) is 1.24. The predicted molar refractivity (Wildman–Crippen MR) is 60.5 cm³/mol. The van der Waals surface area contributed by atoms with E-state index in [-0.39, 0.29) is 11.0 Å². The molecule has 0 fully saturated rings. The number of hydrogen-bond acceptors (Lipinski definition) is 4. The Bertz CT molecular complexity index is 392. The van der Waals surface area contributed by atoms with Crippen LogP contribution in [0.25, 0.3) is 0 Å². The number of amides is 2. The summed E-state index contributed by atoms with van der Waals surface area (Å²) < 4.78 is 0.0487. The second-order valence-corrected chi connectivity index (χ2v) is 4.06. The van der Waals surface area contributed by atoms with Crippen molar-refractivity contribution < 1.29 is 9.28 Å². The quantitative estimate of drug-likeness (QED) is 0.433. The SMILES string of the molecule is N#CCCCC[N+]1(C(N)=O)C=CN(CC#N)C1. The molecule has 17 heavy (non-hydrogen) atoms. The molecule has 6 nitrogen and oxygen atoms in total. The van der Waals surface area contributed by atoms with Crippen molar-refractivity contribution in [3.63, 3.8) is 0 Å². The molecule has 0 saturated heterocycles. The van der Waals surface area contributed by atoms with Crippen molar-refractivity contribution >= 4 is 6.03 Å². The molecule has 0 spiro atoms. The van der Waals surface area contributed by atoms with Crippen LogP contribution >= 0.6 is 0 Å². The molecule has 1 unspecified atom stereocenters. The summed E-state index contributed by atoms with van der Waals surface area (Å²) >= 11 is 0. The van der Waals surface area contributed by atoms with E-state index < -0.39 is 6.03 Å². The van der Waals surface area contributed by atoms with Gasteiger partial charge in [0.2, 0.25) is 0 Å². The first-order chi connectivity index (χ1) is 8.14. The molecule has 0 aliphatic carbocycles. The molecule has 90 valence electrons. The highest BCUT2D eigenvalue weighted by Gasteiger charge is 2.37. The average molecular weight is 234 g/mol. The molecule has 0 aromatic heterocycles. The number of hydrogen-bond donors (Lipinski definition) is 1. The second kappa shape index (κ2) is 5.88. The van der Waals surface area contributed by atoms with Crippen LogP contribution in [0.4, 0.5) is 4.79 Å². The minimum atomic E-state index is -0.418. The first-order valence-electron chi connectivity index (χ1n) is 5.49. The van der Waals surface area contributed by atoms with Gasteiger partial charge in [-0.1, -0.05) is 0 Å². The van der Waals surface area contributed by atoms with E-state index in [0.29, 0.717) is 19.6 Å². The van der Waals surface area contributed by atoms with Crippen molar-refractivity contribution in [2.45, 2.75) is 19.3 Å². The fourth-order valence-electron chi connectivity index (χ4n) is 1.83. The molecule has 1 aliphatic heterocycles. The molecular weight excluding hydrogens is 218 g/mol. The molecule has 0 aromatic carbocycles. The van der Waals surface area contributed by atoms with E-state index in [1.54, 1.807) is 17.3 Å². The minimum absolute atomic E-state index is 0.0487. The highest BCUT2D eigenvalue weighted by molar-refractivity contribution is 5.65. The Hall–Kier alpha value is -2.05.